The maximum atomic E-state index is 14.0. The summed E-state index contributed by atoms with van der Waals surface area (Å²) in [7, 11) is 3.07. The van der Waals surface area contributed by atoms with Gasteiger partial charge >= 0.3 is 6.18 Å². The number of aromatic nitrogens is 3. The van der Waals surface area contributed by atoms with Gasteiger partial charge in [0.1, 0.15) is 22.8 Å². The molecule has 1 aromatic carbocycles. The van der Waals surface area contributed by atoms with E-state index in [1.807, 2.05) is 0 Å². The summed E-state index contributed by atoms with van der Waals surface area (Å²) >= 11 is 0. The largest absolute Gasteiger partial charge is 0.495 e. The van der Waals surface area contributed by atoms with Gasteiger partial charge in [0.05, 0.1) is 30.7 Å². The van der Waals surface area contributed by atoms with Gasteiger partial charge in [-0.3, -0.25) is 14.5 Å². The van der Waals surface area contributed by atoms with E-state index in [1.165, 1.54) is 12.0 Å². The molecular formula is C33H39F3N8O4. The number of benzene rings is 1. The molecule has 12 nitrogen and oxygen atoms in total. The van der Waals surface area contributed by atoms with E-state index < -0.39 is 17.6 Å². The van der Waals surface area contributed by atoms with Gasteiger partial charge in [0, 0.05) is 63.3 Å². The van der Waals surface area contributed by atoms with Crippen molar-refractivity contribution in [2.24, 2.45) is 0 Å². The van der Waals surface area contributed by atoms with Crippen molar-refractivity contribution in [3.8, 4) is 5.75 Å². The quantitative estimate of drug-likeness (QED) is 0.311. The molecule has 5 heterocycles. The first-order chi connectivity index (χ1) is 23.1. The minimum Gasteiger partial charge on any atom is -0.495 e. The van der Waals surface area contributed by atoms with Gasteiger partial charge in [-0.25, -0.2) is 4.98 Å². The lowest BCUT2D eigenvalue weighted by atomic mass is 9.89. The molecule has 1 saturated carbocycles. The molecule has 3 fully saturated rings. The summed E-state index contributed by atoms with van der Waals surface area (Å²) in [6, 6.07) is 6.94. The zero-order chi connectivity index (χ0) is 33.6. The van der Waals surface area contributed by atoms with E-state index in [1.54, 1.807) is 42.1 Å². The predicted molar refractivity (Wildman–Crippen MR) is 171 cm³/mol. The van der Waals surface area contributed by atoms with E-state index in [2.05, 4.69) is 30.8 Å². The molecular weight excluding hydrogens is 629 g/mol. The lowest BCUT2D eigenvalue weighted by molar-refractivity contribution is -0.137. The van der Waals surface area contributed by atoms with Crippen molar-refractivity contribution >= 4 is 35.0 Å². The summed E-state index contributed by atoms with van der Waals surface area (Å²) in [5.74, 6) is -0.887. The molecule has 15 heteroatoms. The Balaban J connectivity index is 1.02. The van der Waals surface area contributed by atoms with Crippen LogP contribution in [0.2, 0.25) is 0 Å². The molecule has 48 heavy (non-hydrogen) atoms. The topological polar surface area (TPSA) is 126 Å². The number of hydrogen-bond donors (Lipinski definition) is 3. The van der Waals surface area contributed by atoms with E-state index in [0.717, 1.165) is 51.6 Å². The number of alkyl halides is 3. The summed E-state index contributed by atoms with van der Waals surface area (Å²) in [6.45, 7) is 3.02. The van der Waals surface area contributed by atoms with Gasteiger partial charge in [0.15, 0.2) is 0 Å². The number of morpholine rings is 1. The molecule has 2 amide bonds. The SMILES string of the molecule is COc1cc(C(=O)NC2CCC(N3CC4CCC(C3)O4)CC2)ccc1Nc1ncc(C(F)(F)F)c(Nc2ccn3c2C(=O)N(C)CC3)n1. The Morgan fingerprint density at radius 3 is 2.46 bits per heavy atom. The fourth-order valence-electron chi connectivity index (χ4n) is 7.27. The number of nitrogens with one attached hydrogen (secondary N) is 3. The molecule has 3 aliphatic heterocycles. The Morgan fingerprint density at radius 1 is 1.00 bits per heavy atom. The average molecular weight is 669 g/mol. The lowest BCUT2D eigenvalue weighted by Gasteiger charge is -2.41. The van der Waals surface area contributed by atoms with Gasteiger partial charge in [-0.15, -0.1) is 0 Å². The fraction of sp³-hybridized carbons (Fsp3) is 0.515. The van der Waals surface area contributed by atoms with Crippen LogP contribution in [0.25, 0.3) is 0 Å². The molecule has 3 aromatic rings. The maximum absolute atomic E-state index is 14.0. The third kappa shape index (κ3) is 6.52. The lowest BCUT2D eigenvalue weighted by Crippen LogP contribution is -2.50. The molecule has 0 spiro atoms. The third-order valence-corrected chi connectivity index (χ3v) is 9.87. The Morgan fingerprint density at radius 2 is 1.75 bits per heavy atom. The number of amides is 2. The van der Waals surface area contributed by atoms with E-state index in [9.17, 15) is 22.8 Å². The van der Waals surface area contributed by atoms with Gasteiger partial charge in [-0.1, -0.05) is 0 Å². The number of fused-ring (bicyclic) bond motifs is 3. The standard InChI is InChI=1S/C33H39F3N8O4/c1-42-13-14-43-12-11-26(28(43)31(42)46)39-29-24(33(34,35)36)16-37-32(41-29)40-25-10-3-19(15-27(25)47-2)30(45)38-20-4-6-21(7-5-20)44-17-22-8-9-23(18-44)48-22/h3,10-12,15-16,20-23H,4-9,13-14,17-18H2,1-2H3,(H,38,45)(H2,37,39,40,41). The van der Waals surface area contributed by atoms with Crippen LogP contribution in [0.5, 0.6) is 5.75 Å². The highest BCUT2D eigenvalue weighted by molar-refractivity contribution is 5.99. The zero-order valence-corrected chi connectivity index (χ0v) is 26.8. The van der Waals surface area contributed by atoms with Gasteiger partial charge in [-0.2, -0.15) is 18.2 Å². The summed E-state index contributed by atoms with van der Waals surface area (Å²) in [6.07, 6.45) is 4.47. The third-order valence-electron chi connectivity index (χ3n) is 9.87. The maximum Gasteiger partial charge on any atom is 0.421 e. The minimum absolute atomic E-state index is 0.0731. The highest BCUT2D eigenvalue weighted by atomic mass is 19.4. The van der Waals surface area contributed by atoms with E-state index >= 15 is 0 Å². The van der Waals surface area contributed by atoms with Crippen LogP contribution >= 0.6 is 0 Å². The Kier molecular flexibility index (Phi) is 8.66. The number of hydrogen-bond acceptors (Lipinski definition) is 9. The van der Waals surface area contributed by atoms with Crippen LogP contribution in [0.15, 0.2) is 36.7 Å². The molecule has 2 bridgehead atoms. The molecule has 256 valence electrons. The second-order valence-electron chi connectivity index (χ2n) is 13.0. The van der Waals surface area contributed by atoms with Gasteiger partial charge < -0.3 is 34.9 Å². The smallest absolute Gasteiger partial charge is 0.421 e. The van der Waals surface area contributed by atoms with Gasteiger partial charge in [-0.05, 0) is 62.8 Å². The van der Waals surface area contributed by atoms with Gasteiger partial charge in [0.25, 0.3) is 11.8 Å². The van der Waals surface area contributed by atoms with Crippen molar-refractivity contribution in [2.45, 2.75) is 75.5 Å². The first-order valence-corrected chi connectivity index (χ1v) is 16.4. The zero-order valence-electron chi connectivity index (χ0n) is 26.8. The number of likely N-dealkylation sites (tertiary alicyclic amines) is 1. The van der Waals surface area contributed by atoms with E-state index in [4.69, 9.17) is 9.47 Å². The van der Waals surface area contributed by atoms with Crippen molar-refractivity contribution in [1.82, 2.24) is 29.7 Å². The number of halogens is 3. The van der Waals surface area contributed by atoms with Crippen LogP contribution in [0.4, 0.5) is 36.3 Å². The van der Waals surface area contributed by atoms with Crippen LogP contribution in [-0.4, -0.2) is 94.2 Å². The molecule has 4 aliphatic rings. The number of anilines is 4. The predicted octanol–water partition coefficient (Wildman–Crippen LogP) is 4.78. The molecule has 7 rings (SSSR count). The molecule has 2 aromatic heterocycles. The number of nitrogens with zero attached hydrogens (tertiary/aromatic N) is 5. The van der Waals surface area contributed by atoms with Crippen LogP contribution < -0.4 is 20.7 Å². The van der Waals surface area contributed by atoms with E-state index in [0.29, 0.717) is 54.5 Å². The summed E-state index contributed by atoms with van der Waals surface area (Å²) < 4.78 is 55.1. The van der Waals surface area contributed by atoms with E-state index in [-0.39, 0.29) is 35.2 Å². The number of methoxy groups -OCH3 is 1. The second-order valence-corrected chi connectivity index (χ2v) is 13.0. The normalized spacial score (nSPS) is 24.3. The monoisotopic (exact) mass is 668 g/mol. The van der Waals surface area contributed by atoms with Crippen LogP contribution in [-0.2, 0) is 17.5 Å². The number of carbonyl (C=O) groups is 2. The molecule has 2 saturated heterocycles. The van der Waals surface area contributed by atoms with Gasteiger partial charge in [0.2, 0.25) is 5.95 Å². The first-order valence-electron chi connectivity index (χ1n) is 16.4. The van der Waals surface area contributed by atoms with Crippen molar-refractivity contribution in [1.29, 1.82) is 0 Å². The molecule has 1 aliphatic carbocycles. The van der Waals surface area contributed by atoms with Crippen molar-refractivity contribution in [2.75, 3.05) is 44.4 Å². The highest BCUT2D eigenvalue weighted by Crippen LogP contribution is 2.37. The number of ether oxygens (including phenoxy) is 2. The molecule has 2 unspecified atom stereocenters. The minimum atomic E-state index is -4.75. The Labute approximate surface area is 276 Å². The number of carbonyl (C=O) groups excluding carboxylic acids is 2. The Bertz CT molecular complexity index is 1680. The summed E-state index contributed by atoms with van der Waals surface area (Å²) in [5, 5.41) is 8.78. The molecule has 2 atom stereocenters. The van der Waals surface area contributed by atoms with Crippen molar-refractivity contribution in [3.63, 3.8) is 0 Å². The highest BCUT2D eigenvalue weighted by Gasteiger charge is 2.38. The number of likely N-dealkylation sites (N-methyl/N-ethyl adjacent to an activating group) is 1. The second kappa shape index (κ2) is 12.9. The number of rotatable bonds is 8. The molecule has 0 radical (unpaired) electrons. The molecule has 3 N–H and O–H groups in total. The Hall–Kier alpha value is -4.37. The first kappa shape index (κ1) is 32.2. The summed E-state index contributed by atoms with van der Waals surface area (Å²) in [4.78, 5) is 38.1. The average Bonchev–Trinajstić information content (AvgIpc) is 3.64. The van der Waals surface area contributed by atoms with Crippen molar-refractivity contribution in [3.05, 3.63) is 53.5 Å². The van der Waals surface area contributed by atoms with Crippen molar-refractivity contribution < 1.29 is 32.2 Å². The van der Waals surface area contributed by atoms with Crippen LogP contribution in [0.3, 0.4) is 0 Å². The van der Waals surface area contributed by atoms with Crippen LogP contribution in [0, 0.1) is 0 Å². The van der Waals surface area contributed by atoms with Crippen LogP contribution in [0.1, 0.15) is 64.9 Å². The fourth-order valence-corrected chi connectivity index (χ4v) is 7.27. The summed E-state index contributed by atoms with van der Waals surface area (Å²) in [5.41, 5.74) is 0.120.